The minimum atomic E-state index is -0.127. The molecule has 0 aromatic rings. The minimum absolute atomic E-state index is 0.127. The number of amides is 1. The van der Waals surface area contributed by atoms with Gasteiger partial charge in [-0.25, -0.2) is 0 Å². The second-order valence-corrected chi connectivity index (χ2v) is 4.00. The zero-order valence-corrected chi connectivity index (χ0v) is 8.83. The molecule has 1 rings (SSSR count). The molecule has 0 saturated carbocycles. The third-order valence-electron chi connectivity index (χ3n) is 2.74. The van der Waals surface area contributed by atoms with Gasteiger partial charge in [-0.15, -0.1) is 0 Å². The highest BCUT2D eigenvalue weighted by Gasteiger charge is 2.20. The first kappa shape index (κ1) is 11.0. The van der Waals surface area contributed by atoms with E-state index in [1.165, 1.54) is 12.8 Å². The topological polar surface area (TPSA) is 44.1 Å². The Morgan fingerprint density at radius 2 is 1.93 bits per heavy atom. The second-order valence-electron chi connectivity index (χ2n) is 4.00. The number of carbonyl (C=O) groups is 1. The molecule has 1 saturated heterocycles. The van der Waals surface area contributed by atoms with Gasteiger partial charge >= 0.3 is 0 Å². The Morgan fingerprint density at radius 3 is 2.43 bits per heavy atom. The van der Waals surface area contributed by atoms with Crippen LogP contribution >= 0.6 is 0 Å². The standard InChI is InChI=1S/C11H18N2O/c1-10(6-7-12)11(14)13-8-4-2-3-5-9-13/h10H,2-6,8-9H2,1H3. The molecule has 0 N–H and O–H groups in total. The van der Waals surface area contributed by atoms with Crippen molar-refractivity contribution in [1.29, 1.82) is 5.26 Å². The Kier molecular flexibility index (Phi) is 4.45. The summed E-state index contributed by atoms with van der Waals surface area (Å²) in [6.45, 7) is 3.61. The number of hydrogen-bond acceptors (Lipinski definition) is 2. The van der Waals surface area contributed by atoms with Crippen LogP contribution in [-0.2, 0) is 4.79 Å². The fourth-order valence-electron chi connectivity index (χ4n) is 1.83. The molecule has 1 atom stereocenters. The Hall–Kier alpha value is -1.04. The van der Waals surface area contributed by atoms with Crippen LogP contribution in [0.3, 0.4) is 0 Å². The number of nitrogens with zero attached hydrogens (tertiary/aromatic N) is 2. The van der Waals surface area contributed by atoms with E-state index in [0.717, 1.165) is 25.9 Å². The van der Waals surface area contributed by atoms with Crippen LogP contribution in [0.5, 0.6) is 0 Å². The van der Waals surface area contributed by atoms with Gasteiger partial charge in [-0.1, -0.05) is 19.8 Å². The molecular weight excluding hydrogens is 176 g/mol. The summed E-state index contributed by atoms with van der Waals surface area (Å²) in [5.41, 5.74) is 0. The summed E-state index contributed by atoms with van der Waals surface area (Å²) in [7, 11) is 0. The highest BCUT2D eigenvalue weighted by atomic mass is 16.2. The van der Waals surface area contributed by atoms with Crippen LogP contribution in [0.2, 0.25) is 0 Å². The third-order valence-corrected chi connectivity index (χ3v) is 2.74. The van der Waals surface area contributed by atoms with Crippen molar-refractivity contribution in [1.82, 2.24) is 4.90 Å². The summed E-state index contributed by atoms with van der Waals surface area (Å²) in [5, 5.41) is 8.52. The summed E-state index contributed by atoms with van der Waals surface area (Å²) < 4.78 is 0. The molecule has 0 spiro atoms. The lowest BCUT2D eigenvalue weighted by Crippen LogP contribution is -2.35. The van der Waals surface area contributed by atoms with Crippen LogP contribution in [0.4, 0.5) is 0 Å². The molecule has 0 bridgehead atoms. The SMILES string of the molecule is CC(CC#N)C(=O)N1CCCCCC1. The molecule has 1 heterocycles. The molecule has 1 fully saturated rings. The van der Waals surface area contributed by atoms with E-state index in [0.29, 0.717) is 6.42 Å². The van der Waals surface area contributed by atoms with E-state index < -0.39 is 0 Å². The molecule has 1 amide bonds. The quantitative estimate of drug-likeness (QED) is 0.674. The molecular formula is C11H18N2O. The zero-order valence-electron chi connectivity index (χ0n) is 8.83. The summed E-state index contributed by atoms with van der Waals surface area (Å²) >= 11 is 0. The van der Waals surface area contributed by atoms with E-state index in [9.17, 15) is 4.79 Å². The Bertz CT molecular complexity index is 224. The normalized spacial score (nSPS) is 19.6. The monoisotopic (exact) mass is 194 g/mol. The summed E-state index contributed by atoms with van der Waals surface area (Å²) in [4.78, 5) is 13.7. The number of hydrogen-bond donors (Lipinski definition) is 0. The van der Waals surface area contributed by atoms with Gasteiger partial charge in [-0.05, 0) is 12.8 Å². The minimum Gasteiger partial charge on any atom is -0.342 e. The van der Waals surface area contributed by atoms with Gasteiger partial charge in [0.15, 0.2) is 0 Å². The van der Waals surface area contributed by atoms with E-state index in [1.54, 1.807) is 0 Å². The van der Waals surface area contributed by atoms with Crippen LogP contribution in [0, 0.1) is 17.2 Å². The Labute approximate surface area is 85.7 Å². The van der Waals surface area contributed by atoms with Crippen LogP contribution in [0.15, 0.2) is 0 Å². The van der Waals surface area contributed by atoms with Gasteiger partial charge in [-0.2, -0.15) is 5.26 Å². The first-order chi connectivity index (χ1) is 6.75. The van der Waals surface area contributed by atoms with Gasteiger partial charge in [0, 0.05) is 25.4 Å². The van der Waals surface area contributed by atoms with Gasteiger partial charge in [0.05, 0.1) is 6.07 Å². The molecule has 3 nitrogen and oxygen atoms in total. The van der Waals surface area contributed by atoms with E-state index in [2.05, 4.69) is 6.07 Å². The summed E-state index contributed by atoms with van der Waals surface area (Å²) in [5.74, 6) is 0.0338. The lowest BCUT2D eigenvalue weighted by atomic mass is 10.1. The highest BCUT2D eigenvalue weighted by molar-refractivity contribution is 5.78. The van der Waals surface area contributed by atoms with Gasteiger partial charge in [0.2, 0.25) is 5.91 Å². The van der Waals surface area contributed by atoms with Crippen LogP contribution < -0.4 is 0 Å². The average molecular weight is 194 g/mol. The molecule has 3 heteroatoms. The van der Waals surface area contributed by atoms with Crippen LogP contribution in [0.1, 0.15) is 39.0 Å². The van der Waals surface area contributed by atoms with Crippen molar-refractivity contribution in [3.8, 4) is 6.07 Å². The molecule has 0 aromatic carbocycles. The number of carbonyl (C=O) groups excluding carboxylic acids is 1. The van der Waals surface area contributed by atoms with Gasteiger partial charge < -0.3 is 4.90 Å². The zero-order chi connectivity index (χ0) is 10.4. The van der Waals surface area contributed by atoms with E-state index >= 15 is 0 Å². The molecule has 1 aliphatic rings. The summed E-state index contributed by atoms with van der Waals surface area (Å²) in [6.07, 6.45) is 5.04. The van der Waals surface area contributed by atoms with Crippen molar-refractivity contribution < 1.29 is 4.79 Å². The van der Waals surface area contributed by atoms with E-state index in [-0.39, 0.29) is 11.8 Å². The van der Waals surface area contributed by atoms with E-state index in [1.807, 2.05) is 11.8 Å². The predicted octanol–water partition coefficient (Wildman–Crippen LogP) is 1.94. The van der Waals surface area contributed by atoms with Crippen LogP contribution in [-0.4, -0.2) is 23.9 Å². The third kappa shape index (κ3) is 3.02. The molecule has 1 unspecified atom stereocenters. The molecule has 0 aromatic heterocycles. The van der Waals surface area contributed by atoms with Crippen molar-refractivity contribution in [3.05, 3.63) is 0 Å². The van der Waals surface area contributed by atoms with Gasteiger partial charge in [0.25, 0.3) is 0 Å². The van der Waals surface area contributed by atoms with E-state index in [4.69, 9.17) is 5.26 Å². The summed E-state index contributed by atoms with van der Waals surface area (Å²) in [6, 6.07) is 2.06. The fourth-order valence-corrected chi connectivity index (χ4v) is 1.83. The first-order valence-electron chi connectivity index (χ1n) is 5.41. The van der Waals surface area contributed by atoms with Gasteiger partial charge in [-0.3, -0.25) is 4.79 Å². The van der Waals surface area contributed by atoms with Crippen molar-refractivity contribution in [2.24, 2.45) is 5.92 Å². The maximum absolute atomic E-state index is 11.8. The largest absolute Gasteiger partial charge is 0.342 e. The fraction of sp³-hybridized carbons (Fsp3) is 0.818. The molecule has 78 valence electrons. The molecule has 0 aliphatic carbocycles. The highest BCUT2D eigenvalue weighted by Crippen LogP contribution is 2.13. The first-order valence-corrected chi connectivity index (χ1v) is 5.41. The van der Waals surface area contributed by atoms with Crippen molar-refractivity contribution in [3.63, 3.8) is 0 Å². The number of likely N-dealkylation sites (tertiary alicyclic amines) is 1. The maximum atomic E-state index is 11.8. The molecule has 14 heavy (non-hydrogen) atoms. The number of rotatable bonds is 2. The van der Waals surface area contributed by atoms with Gasteiger partial charge in [0.1, 0.15) is 0 Å². The second kappa shape index (κ2) is 5.64. The predicted molar refractivity (Wildman–Crippen MR) is 54.4 cm³/mol. The van der Waals surface area contributed by atoms with Crippen molar-refractivity contribution in [2.45, 2.75) is 39.0 Å². The average Bonchev–Trinajstić information content (AvgIpc) is 2.45. The van der Waals surface area contributed by atoms with Crippen molar-refractivity contribution in [2.75, 3.05) is 13.1 Å². The van der Waals surface area contributed by atoms with Crippen molar-refractivity contribution >= 4 is 5.91 Å². The maximum Gasteiger partial charge on any atom is 0.226 e. The molecule has 0 radical (unpaired) electrons. The Morgan fingerprint density at radius 1 is 1.36 bits per heavy atom. The lowest BCUT2D eigenvalue weighted by molar-refractivity contribution is -0.134. The molecule has 1 aliphatic heterocycles. The lowest BCUT2D eigenvalue weighted by Gasteiger charge is -2.22. The Balaban J connectivity index is 2.45. The number of nitriles is 1. The smallest absolute Gasteiger partial charge is 0.226 e. The van der Waals surface area contributed by atoms with Crippen LogP contribution in [0.25, 0.3) is 0 Å².